The molecule has 0 spiro atoms. The molecule has 2 unspecified atom stereocenters. The van der Waals surface area contributed by atoms with E-state index in [4.69, 9.17) is 5.11 Å². The molecule has 4 aliphatic rings. The third-order valence-electron chi connectivity index (χ3n) is 14.8. The Morgan fingerprint density at radius 3 is 1.34 bits per heavy atom. The Morgan fingerprint density at radius 1 is 0.548 bits per heavy atom. The third kappa shape index (κ3) is 19.8. The zero-order valence-electron chi connectivity index (χ0n) is 44.0. The van der Waals surface area contributed by atoms with Crippen molar-refractivity contribution in [1.82, 2.24) is 24.9 Å². The molecule has 6 atom stereocenters. The number of amides is 3. The molecule has 4 aromatic rings. The average Bonchev–Trinajstić information content (AvgIpc) is 4.35. The van der Waals surface area contributed by atoms with E-state index in [2.05, 4.69) is 70.6 Å². The van der Waals surface area contributed by atoms with Crippen LogP contribution in [0.5, 0.6) is 0 Å². The lowest BCUT2D eigenvalue weighted by Crippen LogP contribution is -2.53. The number of hydrogen-bond donors (Lipinski definition) is 4. The molecule has 0 radical (unpaired) electrons. The molecule has 2 saturated carbocycles. The molecule has 8 rings (SSSR count). The number of nitrogens with one attached hydrogen (secondary N) is 1. The molecule has 2 aliphatic heterocycles. The number of carboxylic acids is 1. The minimum absolute atomic E-state index is 0.0454. The van der Waals surface area contributed by atoms with Crippen LogP contribution >= 0.6 is 0 Å². The minimum atomic E-state index is -0.833. The molecule has 0 bridgehead atoms. The van der Waals surface area contributed by atoms with Crippen LogP contribution in [0.1, 0.15) is 120 Å². The number of aliphatic hydroxyl groups excluding tert-OH is 2. The first-order valence-corrected chi connectivity index (χ1v) is 27.5. The van der Waals surface area contributed by atoms with Gasteiger partial charge in [0.05, 0.1) is 24.0 Å². The smallest absolute Gasteiger partial charge is 0.309 e. The lowest BCUT2D eigenvalue weighted by Gasteiger charge is -2.28. The van der Waals surface area contributed by atoms with Gasteiger partial charge in [-0.15, -0.1) is 0 Å². The fourth-order valence-electron chi connectivity index (χ4n) is 10.1. The molecule has 2 saturated heterocycles. The van der Waals surface area contributed by atoms with Crippen molar-refractivity contribution in [3.05, 3.63) is 144 Å². The van der Waals surface area contributed by atoms with Crippen LogP contribution in [0.15, 0.2) is 121 Å². The first kappa shape index (κ1) is 56.9. The normalized spacial score (nSPS) is 20.2. The van der Waals surface area contributed by atoms with E-state index in [-0.39, 0.29) is 23.6 Å². The zero-order valence-corrected chi connectivity index (χ0v) is 44.0. The van der Waals surface area contributed by atoms with Crippen LogP contribution in [-0.2, 0) is 45.4 Å². The second-order valence-corrected chi connectivity index (χ2v) is 21.2. The Kier molecular flexibility index (Phi) is 23.4. The summed E-state index contributed by atoms with van der Waals surface area (Å²) in [5.41, 5.74) is 4.77. The van der Waals surface area contributed by atoms with Crippen molar-refractivity contribution in [2.75, 3.05) is 39.3 Å². The largest absolute Gasteiger partial charge is 0.481 e. The Bertz CT molecular complexity index is 2230. The fourth-order valence-corrected chi connectivity index (χ4v) is 10.1. The molecule has 4 fully saturated rings. The van der Waals surface area contributed by atoms with E-state index in [0.717, 1.165) is 96.2 Å². The number of carbonyl (C=O) groups is 4. The Morgan fingerprint density at radius 2 is 0.932 bits per heavy atom. The fraction of sp³-hybridized carbons (Fsp3) is 0.541. The molecule has 12 heteroatoms. The van der Waals surface area contributed by atoms with Crippen LogP contribution in [0.25, 0.3) is 0 Å². The Hall–Kier alpha value is -5.40. The summed E-state index contributed by atoms with van der Waals surface area (Å²) in [4.78, 5) is 59.3. The number of benzene rings is 4. The molecular formula is C61H85N5O7. The summed E-state index contributed by atoms with van der Waals surface area (Å²) in [5, 5.41) is 32.6. The quantitative estimate of drug-likeness (QED) is 0.0570. The second kappa shape index (κ2) is 30.1. The van der Waals surface area contributed by atoms with Gasteiger partial charge in [-0.05, 0) is 59.8 Å². The van der Waals surface area contributed by atoms with E-state index in [1.807, 2.05) is 96.4 Å². The average molecular weight is 1000 g/mol. The van der Waals surface area contributed by atoms with Gasteiger partial charge in [0, 0.05) is 71.4 Å². The van der Waals surface area contributed by atoms with Crippen molar-refractivity contribution in [1.29, 1.82) is 0 Å². The van der Waals surface area contributed by atoms with Crippen LogP contribution in [0, 0.1) is 29.6 Å². The van der Waals surface area contributed by atoms with Gasteiger partial charge in [-0.2, -0.15) is 0 Å². The van der Waals surface area contributed by atoms with E-state index in [9.17, 15) is 29.4 Å². The van der Waals surface area contributed by atoms with Gasteiger partial charge in [0.15, 0.2) is 0 Å². The van der Waals surface area contributed by atoms with Crippen molar-refractivity contribution in [3.63, 3.8) is 0 Å². The van der Waals surface area contributed by atoms with E-state index < -0.39 is 36.1 Å². The highest BCUT2D eigenvalue weighted by molar-refractivity contribution is 5.89. The Balaban J connectivity index is 0.000000200. The van der Waals surface area contributed by atoms with Gasteiger partial charge < -0.3 is 30.4 Å². The summed E-state index contributed by atoms with van der Waals surface area (Å²) in [6, 6.07) is 40.4. The first-order valence-electron chi connectivity index (χ1n) is 27.5. The molecule has 4 aromatic carbocycles. The standard InChI is InChI=1S/C30H41N3O3.C20H24N2O.C11H20O3/c1-2-3-14-28(34)26(19-23-15-16-23)29(35)31-27-22-32(20-24-10-6-4-7-11-24)17-18-33(30(27)36)21-25-12-8-5-9-13-25;1-17-14-21(15-18-8-4-2-5-9-18)12-13-22(20(17)23)16-19-10-6-3-7-11-19;1-2-3-4-10(12)9(11(13)14)7-8-5-6-8/h4-13,23,26-28,34H,2-3,14-22H2,1H3,(H,31,35);2-11,17H,12-16H2,1H3;8-10,12H,2-7H2,1H3,(H,13,14)/t26-,27?,28+;;9-,10+/m1.1/s1. The first-order chi connectivity index (χ1) is 35.4. The molecular weight excluding hydrogens is 915 g/mol. The summed E-state index contributed by atoms with van der Waals surface area (Å²) in [6.45, 7) is 13.4. The third-order valence-corrected chi connectivity index (χ3v) is 14.8. The topological polar surface area (TPSA) is 154 Å². The van der Waals surface area contributed by atoms with E-state index in [0.29, 0.717) is 63.7 Å². The molecule has 396 valence electrons. The number of unbranched alkanes of at least 4 members (excludes halogenated alkanes) is 2. The molecule has 73 heavy (non-hydrogen) atoms. The molecule has 2 heterocycles. The number of aliphatic hydroxyl groups is 2. The van der Waals surface area contributed by atoms with Gasteiger partial charge in [-0.1, -0.05) is 193 Å². The van der Waals surface area contributed by atoms with E-state index in [1.54, 1.807) is 0 Å². The maximum Gasteiger partial charge on any atom is 0.309 e. The molecule has 12 nitrogen and oxygen atoms in total. The second-order valence-electron chi connectivity index (χ2n) is 21.2. The lowest BCUT2D eigenvalue weighted by atomic mass is 9.91. The summed E-state index contributed by atoms with van der Waals surface area (Å²) < 4.78 is 0. The highest BCUT2D eigenvalue weighted by Gasteiger charge is 2.38. The van der Waals surface area contributed by atoms with Crippen LogP contribution in [0.2, 0.25) is 0 Å². The van der Waals surface area contributed by atoms with Crippen molar-refractivity contribution in [3.8, 4) is 0 Å². The van der Waals surface area contributed by atoms with Crippen LogP contribution in [0.3, 0.4) is 0 Å². The van der Waals surface area contributed by atoms with Gasteiger partial charge in [0.1, 0.15) is 6.04 Å². The molecule has 0 aromatic heterocycles. The number of hydrogen-bond acceptors (Lipinski definition) is 8. The van der Waals surface area contributed by atoms with Gasteiger partial charge in [0.2, 0.25) is 17.7 Å². The van der Waals surface area contributed by atoms with Crippen LogP contribution in [0.4, 0.5) is 0 Å². The van der Waals surface area contributed by atoms with Crippen molar-refractivity contribution in [2.45, 2.75) is 142 Å². The maximum atomic E-state index is 13.7. The molecule has 3 amide bonds. The summed E-state index contributed by atoms with van der Waals surface area (Å²) in [7, 11) is 0. The lowest BCUT2D eigenvalue weighted by molar-refractivity contribution is -0.146. The molecule has 4 N–H and O–H groups in total. The molecule has 2 aliphatic carbocycles. The summed E-state index contributed by atoms with van der Waals surface area (Å²) >= 11 is 0. The number of nitrogens with zero attached hydrogens (tertiary/aromatic N) is 4. The van der Waals surface area contributed by atoms with E-state index >= 15 is 0 Å². The maximum absolute atomic E-state index is 13.7. The SMILES string of the molecule is CC1CN(Cc2ccccc2)CCN(Cc2ccccc2)C1=O.CCCC[C@H](O)[C@@H](CC1CC1)C(=O)NC1CN(Cc2ccccc2)CCN(Cc2ccccc2)C1=O.CCCC[C@H](O)[C@@H](CC1CC1)C(=O)O. The van der Waals surface area contributed by atoms with Gasteiger partial charge in [-0.3, -0.25) is 29.0 Å². The minimum Gasteiger partial charge on any atom is -0.481 e. The van der Waals surface area contributed by atoms with Gasteiger partial charge in [0.25, 0.3) is 0 Å². The number of carboxylic acid groups (broad SMARTS) is 1. The highest BCUT2D eigenvalue weighted by atomic mass is 16.4. The number of carbonyl (C=O) groups excluding carboxylic acids is 3. The predicted octanol–water partition coefficient (Wildman–Crippen LogP) is 9.19. The van der Waals surface area contributed by atoms with Crippen molar-refractivity contribution in [2.24, 2.45) is 29.6 Å². The van der Waals surface area contributed by atoms with Crippen LogP contribution in [-0.4, -0.2) is 116 Å². The zero-order chi connectivity index (χ0) is 52.0. The highest BCUT2D eigenvalue weighted by Crippen LogP contribution is 2.38. The van der Waals surface area contributed by atoms with Gasteiger partial charge in [-0.25, -0.2) is 0 Å². The summed E-state index contributed by atoms with van der Waals surface area (Å²) in [5.74, 6) is -0.645. The van der Waals surface area contributed by atoms with E-state index in [1.165, 1.54) is 16.7 Å². The predicted molar refractivity (Wildman–Crippen MR) is 289 cm³/mol. The number of aliphatic carboxylic acids is 1. The number of rotatable bonds is 23. The monoisotopic (exact) mass is 1000 g/mol. The Labute approximate surface area is 436 Å². The summed E-state index contributed by atoms with van der Waals surface area (Å²) in [6.07, 6.45) is 9.66. The van der Waals surface area contributed by atoms with Crippen molar-refractivity contribution < 1.29 is 34.5 Å². The van der Waals surface area contributed by atoms with Gasteiger partial charge >= 0.3 is 5.97 Å². The van der Waals surface area contributed by atoms with Crippen LogP contribution < -0.4 is 5.32 Å². The van der Waals surface area contributed by atoms with Crippen molar-refractivity contribution >= 4 is 23.7 Å².